The zero-order valence-electron chi connectivity index (χ0n) is 16.4. The first-order chi connectivity index (χ1) is 12.8. The molecule has 0 atom stereocenters. The van der Waals surface area contributed by atoms with Crippen LogP contribution in [0.2, 0.25) is 0 Å². The molecule has 1 aliphatic rings. The summed E-state index contributed by atoms with van der Waals surface area (Å²) in [5.74, 6) is 2.26. The zero-order chi connectivity index (χ0) is 19.4. The fourth-order valence-electron chi connectivity index (χ4n) is 2.95. The van der Waals surface area contributed by atoms with Crippen LogP contribution >= 0.6 is 0 Å². The van der Waals surface area contributed by atoms with Gasteiger partial charge in [-0.05, 0) is 56.0 Å². The van der Waals surface area contributed by atoms with E-state index < -0.39 is 5.41 Å². The van der Waals surface area contributed by atoms with Crippen molar-refractivity contribution in [3.05, 3.63) is 47.5 Å². The number of ether oxygens (including phenoxy) is 3. The Bertz CT molecular complexity index is 829. The van der Waals surface area contributed by atoms with Gasteiger partial charge in [0.2, 0.25) is 12.7 Å². The van der Waals surface area contributed by atoms with Gasteiger partial charge in [0.25, 0.3) is 0 Å². The predicted molar refractivity (Wildman–Crippen MR) is 106 cm³/mol. The van der Waals surface area contributed by atoms with Crippen molar-refractivity contribution in [2.75, 3.05) is 18.7 Å². The third kappa shape index (κ3) is 4.73. The Kier molecular flexibility index (Phi) is 5.59. The lowest BCUT2D eigenvalue weighted by atomic mass is 9.87. The molecule has 27 heavy (non-hydrogen) atoms. The van der Waals surface area contributed by atoms with Crippen LogP contribution in [0.4, 0.5) is 5.69 Å². The molecule has 0 aliphatic carbocycles. The monoisotopic (exact) mass is 369 g/mol. The molecule has 0 aromatic heterocycles. The van der Waals surface area contributed by atoms with Crippen LogP contribution in [0.5, 0.6) is 17.2 Å². The third-order valence-electron chi connectivity index (χ3n) is 4.79. The van der Waals surface area contributed by atoms with Gasteiger partial charge in [-0.15, -0.1) is 0 Å². The van der Waals surface area contributed by atoms with E-state index in [4.69, 9.17) is 14.2 Å². The molecular formula is C22H27NO4. The van der Waals surface area contributed by atoms with E-state index >= 15 is 0 Å². The topological polar surface area (TPSA) is 56.8 Å². The van der Waals surface area contributed by atoms with Crippen molar-refractivity contribution >= 4 is 11.6 Å². The zero-order valence-corrected chi connectivity index (χ0v) is 16.4. The van der Waals surface area contributed by atoms with Crippen LogP contribution in [-0.2, 0) is 4.79 Å². The lowest BCUT2D eigenvalue weighted by Crippen LogP contribution is -2.31. The Morgan fingerprint density at radius 1 is 1.11 bits per heavy atom. The van der Waals surface area contributed by atoms with Gasteiger partial charge in [-0.2, -0.15) is 0 Å². The van der Waals surface area contributed by atoms with Crippen LogP contribution in [0.15, 0.2) is 36.4 Å². The first-order valence-electron chi connectivity index (χ1n) is 9.26. The van der Waals surface area contributed by atoms with E-state index in [1.807, 2.05) is 39.0 Å². The lowest BCUT2D eigenvalue weighted by Gasteiger charge is -2.23. The fourth-order valence-corrected chi connectivity index (χ4v) is 2.95. The van der Waals surface area contributed by atoms with Gasteiger partial charge in [0.15, 0.2) is 11.5 Å². The minimum atomic E-state index is -0.499. The van der Waals surface area contributed by atoms with Crippen molar-refractivity contribution in [1.82, 2.24) is 0 Å². The molecule has 0 saturated heterocycles. The Hall–Kier alpha value is -2.69. The number of hydrogen-bond acceptors (Lipinski definition) is 4. The number of carbonyl (C=O) groups excluding carboxylic acids is 1. The summed E-state index contributed by atoms with van der Waals surface area (Å²) >= 11 is 0. The van der Waals surface area contributed by atoms with Crippen LogP contribution in [-0.4, -0.2) is 19.3 Å². The summed E-state index contributed by atoms with van der Waals surface area (Å²) in [7, 11) is 0. The van der Waals surface area contributed by atoms with Crippen LogP contribution in [0.1, 0.15) is 37.8 Å². The maximum Gasteiger partial charge on any atom is 0.231 e. The second-order valence-corrected chi connectivity index (χ2v) is 7.63. The molecule has 0 saturated carbocycles. The number of aryl methyl sites for hydroxylation is 2. The van der Waals surface area contributed by atoms with E-state index in [-0.39, 0.29) is 12.7 Å². The molecular weight excluding hydrogens is 342 g/mol. The Morgan fingerprint density at radius 3 is 2.70 bits per heavy atom. The summed E-state index contributed by atoms with van der Waals surface area (Å²) in [4.78, 5) is 12.7. The van der Waals surface area contributed by atoms with Gasteiger partial charge >= 0.3 is 0 Å². The molecule has 144 valence electrons. The Morgan fingerprint density at radius 2 is 1.89 bits per heavy atom. The highest BCUT2D eigenvalue weighted by molar-refractivity contribution is 5.95. The van der Waals surface area contributed by atoms with Gasteiger partial charge < -0.3 is 19.5 Å². The molecule has 5 nitrogen and oxygen atoms in total. The Labute approximate surface area is 160 Å². The minimum absolute atomic E-state index is 0.0203. The summed E-state index contributed by atoms with van der Waals surface area (Å²) in [6.07, 6.45) is 1.53. The molecule has 1 aliphatic heterocycles. The predicted octanol–water partition coefficient (Wildman–Crippen LogP) is 4.86. The van der Waals surface area contributed by atoms with Crippen molar-refractivity contribution < 1.29 is 19.0 Å². The molecule has 1 N–H and O–H groups in total. The van der Waals surface area contributed by atoms with Crippen molar-refractivity contribution in [3.8, 4) is 17.2 Å². The van der Waals surface area contributed by atoms with Crippen LogP contribution in [0.25, 0.3) is 0 Å². The molecule has 5 heteroatoms. The van der Waals surface area contributed by atoms with E-state index in [0.717, 1.165) is 24.2 Å². The first-order valence-corrected chi connectivity index (χ1v) is 9.26. The number of rotatable bonds is 7. The third-order valence-corrected chi connectivity index (χ3v) is 4.79. The molecule has 1 amide bonds. The summed E-state index contributed by atoms with van der Waals surface area (Å²) in [5, 5.41) is 2.97. The number of hydrogen-bond donors (Lipinski definition) is 1. The average Bonchev–Trinajstić information content (AvgIpc) is 3.09. The van der Waals surface area contributed by atoms with Gasteiger partial charge in [0, 0.05) is 17.2 Å². The second kappa shape index (κ2) is 7.91. The molecule has 2 aromatic carbocycles. The number of amides is 1. The number of fused-ring (bicyclic) bond motifs is 1. The van der Waals surface area contributed by atoms with E-state index in [1.54, 1.807) is 6.07 Å². The molecule has 0 unspecified atom stereocenters. The number of anilines is 1. The van der Waals surface area contributed by atoms with E-state index in [2.05, 4.69) is 24.4 Å². The molecule has 0 spiro atoms. The SMILES string of the molecule is Cc1ccc(C)c(OCCCC(C)(C)C(=O)Nc2ccc3c(c2)OCO3)c1. The standard InChI is InChI=1S/C22H27NO4/c1-15-6-7-16(2)19(12-15)25-11-5-10-22(3,4)21(24)23-17-8-9-18-20(13-17)27-14-26-18/h6-9,12-13H,5,10-11,14H2,1-4H3,(H,23,24). The van der Waals surface area contributed by atoms with Crippen LogP contribution in [0.3, 0.4) is 0 Å². The summed E-state index contributed by atoms with van der Waals surface area (Å²) in [6.45, 7) is 8.80. The van der Waals surface area contributed by atoms with Crippen molar-refractivity contribution in [3.63, 3.8) is 0 Å². The molecule has 0 bridgehead atoms. The second-order valence-electron chi connectivity index (χ2n) is 7.63. The highest BCUT2D eigenvalue weighted by Crippen LogP contribution is 2.35. The molecule has 1 heterocycles. The summed E-state index contributed by atoms with van der Waals surface area (Å²) in [6, 6.07) is 11.6. The van der Waals surface area contributed by atoms with Crippen molar-refractivity contribution in [2.24, 2.45) is 5.41 Å². The highest BCUT2D eigenvalue weighted by Gasteiger charge is 2.27. The first kappa shape index (κ1) is 19.1. The van der Waals surface area contributed by atoms with Gasteiger partial charge in [0.1, 0.15) is 5.75 Å². The minimum Gasteiger partial charge on any atom is -0.493 e. The largest absolute Gasteiger partial charge is 0.493 e. The number of nitrogens with one attached hydrogen (secondary N) is 1. The molecule has 2 aromatic rings. The fraction of sp³-hybridized carbons (Fsp3) is 0.409. The van der Waals surface area contributed by atoms with Crippen molar-refractivity contribution in [2.45, 2.75) is 40.5 Å². The Balaban J connectivity index is 1.50. The number of benzene rings is 2. The number of carbonyl (C=O) groups is 1. The van der Waals surface area contributed by atoms with E-state index in [0.29, 0.717) is 23.8 Å². The lowest BCUT2D eigenvalue weighted by molar-refractivity contribution is -0.124. The smallest absolute Gasteiger partial charge is 0.231 e. The summed E-state index contributed by atoms with van der Waals surface area (Å²) in [5.41, 5.74) is 2.52. The summed E-state index contributed by atoms with van der Waals surface area (Å²) < 4.78 is 16.5. The molecule has 0 fully saturated rings. The molecule has 3 rings (SSSR count). The van der Waals surface area contributed by atoms with Gasteiger partial charge in [-0.3, -0.25) is 4.79 Å². The maximum absolute atomic E-state index is 12.7. The highest BCUT2D eigenvalue weighted by atomic mass is 16.7. The normalized spacial score (nSPS) is 12.7. The molecule has 0 radical (unpaired) electrons. The van der Waals surface area contributed by atoms with Crippen molar-refractivity contribution in [1.29, 1.82) is 0 Å². The van der Waals surface area contributed by atoms with Crippen LogP contribution < -0.4 is 19.5 Å². The quantitative estimate of drug-likeness (QED) is 0.709. The van der Waals surface area contributed by atoms with Crippen LogP contribution in [0, 0.1) is 19.3 Å². The van der Waals surface area contributed by atoms with E-state index in [9.17, 15) is 4.79 Å². The average molecular weight is 369 g/mol. The van der Waals surface area contributed by atoms with Gasteiger partial charge in [-0.25, -0.2) is 0 Å². The maximum atomic E-state index is 12.7. The van der Waals surface area contributed by atoms with Gasteiger partial charge in [0.05, 0.1) is 6.61 Å². The van der Waals surface area contributed by atoms with E-state index in [1.165, 1.54) is 5.56 Å². The van der Waals surface area contributed by atoms with Gasteiger partial charge in [-0.1, -0.05) is 26.0 Å².